The molecule has 4 aromatic carbocycles. The van der Waals surface area contributed by atoms with Crippen LogP contribution < -0.4 is 0 Å². The third kappa shape index (κ3) is 2.66. The van der Waals surface area contributed by atoms with E-state index in [1.807, 2.05) is 6.20 Å². The second-order valence-electron chi connectivity index (χ2n) is 7.48. The molecule has 0 radical (unpaired) electrons. The Morgan fingerprint density at radius 1 is 0.467 bits per heavy atom. The monoisotopic (exact) mass is 382 g/mol. The Bertz CT molecular complexity index is 1540. The van der Waals surface area contributed by atoms with Crippen LogP contribution in [0.15, 0.2) is 109 Å². The van der Waals surface area contributed by atoms with Gasteiger partial charge >= 0.3 is 0 Å². The average molecular weight is 382 g/mol. The Kier molecular flexibility index (Phi) is 3.82. The molecule has 0 saturated heterocycles. The summed E-state index contributed by atoms with van der Waals surface area (Å²) in [7, 11) is 0. The summed E-state index contributed by atoms with van der Waals surface area (Å²) in [4.78, 5) is 9.94. The second-order valence-corrected chi connectivity index (χ2v) is 7.48. The number of benzene rings is 4. The fourth-order valence-corrected chi connectivity index (χ4v) is 4.27. The molecular formula is C28H18N2. The average Bonchev–Trinajstić information content (AvgIpc) is 2.82. The van der Waals surface area contributed by atoms with E-state index in [4.69, 9.17) is 9.97 Å². The van der Waals surface area contributed by atoms with Crippen LogP contribution in [0.25, 0.3) is 55.0 Å². The molecule has 0 aliphatic rings. The maximum Gasteiger partial charge on any atom is 0.0978 e. The number of aromatic nitrogens is 2. The summed E-state index contributed by atoms with van der Waals surface area (Å²) in [5.74, 6) is 0. The van der Waals surface area contributed by atoms with Crippen molar-refractivity contribution in [3.05, 3.63) is 109 Å². The first kappa shape index (κ1) is 16.9. The normalized spacial score (nSPS) is 11.3. The van der Waals surface area contributed by atoms with Crippen molar-refractivity contribution in [2.45, 2.75) is 0 Å². The number of fused-ring (bicyclic) bond motifs is 3. The molecule has 2 nitrogen and oxygen atoms in total. The van der Waals surface area contributed by atoms with Crippen LogP contribution in [-0.4, -0.2) is 9.97 Å². The van der Waals surface area contributed by atoms with Gasteiger partial charge < -0.3 is 0 Å². The van der Waals surface area contributed by atoms with Gasteiger partial charge in [-0.25, -0.2) is 4.98 Å². The Hall–Kier alpha value is -4.04. The zero-order valence-electron chi connectivity index (χ0n) is 16.3. The minimum atomic E-state index is 0.923. The first-order chi connectivity index (χ1) is 14.9. The largest absolute Gasteiger partial charge is 0.254 e. The lowest BCUT2D eigenvalue weighted by atomic mass is 9.98. The number of pyridine rings is 2. The summed E-state index contributed by atoms with van der Waals surface area (Å²) in [5, 5.41) is 7.00. The molecule has 0 saturated carbocycles. The van der Waals surface area contributed by atoms with Crippen molar-refractivity contribution in [3.63, 3.8) is 0 Å². The Labute approximate surface area is 174 Å². The minimum Gasteiger partial charge on any atom is -0.254 e. The van der Waals surface area contributed by atoms with Gasteiger partial charge in [0, 0.05) is 22.5 Å². The van der Waals surface area contributed by atoms with E-state index in [2.05, 4.69) is 103 Å². The SMILES string of the molecule is c1ccc2c(-c3cc4ccccc4c(-c4nccc5ccccc45)n3)cccc2c1. The molecule has 0 unspecified atom stereocenters. The van der Waals surface area contributed by atoms with Gasteiger partial charge in [0.25, 0.3) is 0 Å². The molecule has 0 amide bonds. The van der Waals surface area contributed by atoms with Gasteiger partial charge in [-0.1, -0.05) is 91.0 Å². The van der Waals surface area contributed by atoms with Crippen LogP contribution >= 0.6 is 0 Å². The van der Waals surface area contributed by atoms with Gasteiger partial charge in [-0.3, -0.25) is 4.98 Å². The van der Waals surface area contributed by atoms with Crippen molar-refractivity contribution < 1.29 is 0 Å². The van der Waals surface area contributed by atoms with Crippen molar-refractivity contribution in [1.29, 1.82) is 0 Å². The standard InChI is InChI=1S/C28H18N2/c1-4-12-22-19(8-1)11-7-15-25(22)26-18-21-10-3-6-14-24(21)28(30-26)27-23-13-5-2-9-20(23)16-17-29-27/h1-18H. The minimum absolute atomic E-state index is 0.923. The van der Waals surface area contributed by atoms with Gasteiger partial charge in [-0.05, 0) is 33.7 Å². The first-order valence-corrected chi connectivity index (χ1v) is 10.1. The van der Waals surface area contributed by atoms with E-state index in [9.17, 15) is 0 Å². The van der Waals surface area contributed by atoms with Crippen LogP contribution in [0, 0.1) is 0 Å². The lowest BCUT2D eigenvalue weighted by Crippen LogP contribution is -1.94. The zero-order chi connectivity index (χ0) is 19.9. The lowest BCUT2D eigenvalue weighted by molar-refractivity contribution is 1.29. The maximum absolute atomic E-state index is 5.18. The molecule has 0 aliphatic carbocycles. The molecule has 6 rings (SSSR count). The van der Waals surface area contributed by atoms with Crippen molar-refractivity contribution >= 4 is 32.3 Å². The highest BCUT2D eigenvalue weighted by Crippen LogP contribution is 2.35. The van der Waals surface area contributed by atoms with E-state index in [0.29, 0.717) is 0 Å². The summed E-state index contributed by atoms with van der Waals surface area (Å²) >= 11 is 0. The van der Waals surface area contributed by atoms with Gasteiger partial charge in [0.1, 0.15) is 0 Å². The number of hydrogen-bond donors (Lipinski definition) is 0. The fourth-order valence-electron chi connectivity index (χ4n) is 4.27. The molecule has 6 aromatic rings. The topological polar surface area (TPSA) is 25.8 Å². The number of hydrogen-bond acceptors (Lipinski definition) is 2. The fraction of sp³-hybridized carbons (Fsp3) is 0. The van der Waals surface area contributed by atoms with Crippen molar-refractivity contribution in [2.24, 2.45) is 0 Å². The van der Waals surface area contributed by atoms with E-state index in [0.717, 1.165) is 33.4 Å². The van der Waals surface area contributed by atoms with Crippen LogP contribution in [0.1, 0.15) is 0 Å². The molecule has 2 heterocycles. The summed E-state index contributed by atoms with van der Waals surface area (Å²) in [6.07, 6.45) is 1.87. The zero-order valence-corrected chi connectivity index (χ0v) is 16.3. The molecule has 0 atom stereocenters. The molecule has 0 N–H and O–H groups in total. The van der Waals surface area contributed by atoms with Crippen LogP contribution in [0.3, 0.4) is 0 Å². The summed E-state index contributed by atoms with van der Waals surface area (Å²) < 4.78 is 0. The predicted octanol–water partition coefficient (Wildman–Crippen LogP) is 7.27. The van der Waals surface area contributed by atoms with Gasteiger partial charge in [0.15, 0.2) is 0 Å². The number of rotatable bonds is 2. The van der Waals surface area contributed by atoms with E-state index in [1.165, 1.54) is 21.5 Å². The summed E-state index contributed by atoms with van der Waals surface area (Å²) in [5.41, 5.74) is 3.95. The molecule has 2 aromatic heterocycles. The molecule has 30 heavy (non-hydrogen) atoms. The van der Waals surface area contributed by atoms with Crippen LogP contribution in [-0.2, 0) is 0 Å². The second kappa shape index (κ2) is 6.78. The maximum atomic E-state index is 5.18. The number of nitrogens with zero attached hydrogens (tertiary/aromatic N) is 2. The summed E-state index contributed by atoms with van der Waals surface area (Å²) in [6.45, 7) is 0. The molecular weight excluding hydrogens is 364 g/mol. The Morgan fingerprint density at radius 3 is 1.87 bits per heavy atom. The van der Waals surface area contributed by atoms with Crippen molar-refractivity contribution in [3.8, 4) is 22.6 Å². The smallest absolute Gasteiger partial charge is 0.0978 e. The highest BCUT2D eigenvalue weighted by molar-refractivity contribution is 6.05. The molecule has 0 aliphatic heterocycles. The van der Waals surface area contributed by atoms with Crippen molar-refractivity contribution in [1.82, 2.24) is 9.97 Å². The van der Waals surface area contributed by atoms with Gasteiger partial charge in [0.05, 0.1) is 17.1 Å². The third-order valence-electron chi connectivity index (χ3n) is 5.70. The highest BCUT2D eigenvalue weighted by Gasteiger charge is 2.14. The van der Waals surface area contributed by atoms with E-state index in [-0.39, 0.29) is 0 Å². The van der Waals surface area contributed by atoms with Crippen LogP contribution in [0.4, 0.5) is 0 Å². The highest BCUT2D eigenvalue weighted by atomic mass is 14.8. The van der Waals surface area contributed by atoms with Gasteiger partial charge in [0.2, 0.25) is 0 Å². The quantitative estimate of drug-likeness (QED) is 0.315. The molecule has 0 bridgehead atoms. The first-order valence-electron chi connectivity index (χ1n) is 10.1. The van der Waals surface area contributed by atoms with E-state index >= 15 is 0 Å². The van der Waals surface area contributed by atoms with E-state index in [1.54, 1.807) is 0 Å². The van der Waals surface area contributed by atoms with Crippen molar-refractivity contribution in [2.75, 3.05) is 0 Å². The van der Waals surface area contributed by atoms with Crippen LogP contribution in [0.5, 0.6) is 0 Å². The molecule has 0 spiro atoms. The lowest BCUT2D eigenvalue weighted by Gasteiger charge is -2.13. The molecule has 0 fully saturated rings. The van der Waals surface area contributed by atoms with Gasteiger partial charge in [-0.2, -0.15) is 0 Å². The Morgan fingerprint density at radius 2 is 1.07 bits per heavy atom. The molecule has 140 valence electrons. The predicted molar refractivity (Wildman–Crippen MR) is 125 cm³/mol. The Balaban J connectivity index is 1.71. The molecule has 2 heteroatoms. The van der Waals surface area contributed by atoms with Crippen LogP contribution in [0.2, 0.25) is 0 Å². The van der Waals surface area contributed by atoms with Gasteiger partial charge in [-0.15, -0.1) is 0 Å². The third-order valence-corrected chi connectivity index (χ3v) is 5.70. The van der Waals surface area contributed by atoms with E-state index < -0.39 is 0 Å². The summed E-state index contributed by atoms with van der Waals surface area (Å²) in [6, 6.07) is 35.9.